The van der Waals surface area contributed by atoms with E-state index in [1.54, 1.807) is 7.05 Å². The van der Waals surface area contributed by atoms with Crippen molar-refractivity contribution >= 4 is 22.8 Å². The average molecular weight is 331 g/mol. The summed E-state index contributed by atoms with van der Waals surface area (Å²) in [5.74, 6) is 1.14. The summed E-state index contributed by atoms with van der Waals surface area (Å²) in [6, 6.07) is 2.06. The van der Waals surface area contributed by atoms with Crippen molar-refractivity contribution < 1.29 is 0 Å². The fourth-order valence-electron chi connectivity index (χ4n) is 3.02. The average Bonchev–Trinajstić information content (AvgIpc) is 3.09. The van der Waals surface area contributed by atoms with Crippen LogP contribution >= 0.6 is 11.8 Å². The molecule has 2 aromatic rings. The molecule has 23 heavy (non-hydrogen) atoms. The van der Waals surface area contributed by atoms with Gasteiger partial charge in [0.05, 0.1) is 11.8 Å². The predicted molar refractivity (Wildman–Crippen MR) is 87.6 cm³/mol. The van der Waals surface area contributed by atoms with Crippen LogP contribution in [0.1, 0.15) is 37.4 Å². The molecule has 1 fully saturated rings. The van der Waals surface area contributed by atoms with E-state index >= 15 is 0 Å². The molecule has 2 heterocycles. The van der Waals surface area contributed by atoms with Crippen LogP contribution in [0.15, 0.2) is 14.6 Å². The number of hydrogen-bond acceptors (Lipinski definition) is 6. The van der Waals surface area contributed by atoms with Crippen LogP contribution in [0.2, 0.25) is 0 Å². The SMILES string of the molecule is Cn1c(=O)c2c(SCC#N)nc(C3CCCC3)nc2n(C)c1=O. The second-order valence-corrected chi connectivity index (χ2v) is 6.68. The number of aromatic nitrogens is 4. The second kappa shape index (κ2) is 6.16. The number of nitrogens with zero attached hydrogens (tertiary/aromatic N) is 5. The van der Waals surface area contributed by atoms with E-state index in [0.717, 1.165) is 30.3 Å². The monoisotopic (exact) mass is 331 g/mol. The molecule has 7 nitrogen and oxygen atoms in total. The van der Waals surface area contributed by atoms with Crippen molar-refractivity contribution in [1.82, 2.24) is 19.1 Å². The number of thioether (sulfide) groups is 1. The molecule has 0 unspecified atom stereocenters. The van der Waals surface area contributed by atoms with E-state index in [2.05, 4.69) is 16.0 Å². The fourth-order valence-corrected chi connectivity index (χ4v) is 3.70. The highest BCUT2D eigenvalue weighted by atomic mass is 32.2. The summed E-state index contributed by atoms with van der Waals surface area (Å²) in [7, 11) is 3.04. The summed E-state index contributed by atoms with van der Waals surface area (Å²) < 4.78 is 2.44. The van der Waals surface area contributed by atoms with Crippen molar-refractivity contribution in [2.45, 2.75) is 36.6 Å². The number of aryl methyl sites for hydroxylation is 1. The van der Waals surface area contributed by atoms with Crippen LogP contribution in [-0.2, 0) is 14.1 Å². The Morgan fingerprint density at radius 1 is 1.22 bits per heavy atom. The predicted octanol–water partition coefficient (Wildman–Crippen LogP) is 1.30. The van der Waals surface area contributed by atoms with Gasteiger partial charge in [-0.3, -0.25) is 13.9 Å². The molecular formula is C15H17N5O2S. The van der Waals surface area contributed by atoms with E-state index in [1.165, 1.54) is 23.4 Å². The van der Waals surface area contributed by atoms with Gasteiger partial charge >= 0.3 is 5.69 Å². The molecule has 1 saturated carbocycles. The Labute approximate surface area is 137 Å². The standard InChI is InChI=1S/C15H17N5O2S/c1-19-12-10(14(21)20(2)15(19)22)13(23-8-7-16)18-11(17-12)9-5-3-4-6-9/h9H,3-6,8H2,1-2H3. The van der Waals surface area contributed by atoms with Gasteiger partial charge in [0.25, 0.3) is 5.56 Å². The van der Waals surface area contributed by atoms with Crippen LogP contribution < -0.4 is 11.2 Å². The molecule has 1 aliphatic rings. The minimum absolute atomic E-state index is 0.197. The Kier molecular flexibility index (Phi) is 4.22. The lowest BCUT2D eigenvalue weighted by atomic mass is 10.1. The van der Waals surface area contributed by atoms with Crippen LogP contribution in [0.3, 0.4) is 0 Å². The van der Waals surface area contributed by atoms with Gasteiger partial charge in [-0.25, -0.2) is 14.8 Å². The highest BCUT2D eigenvalue weighted by molar-refractivity contribution is 7.99. The Bertz CT molecular complexity index is 919. The Morgan fingerprint density at radius 3 is 2.57 bits per heavy atom. The van der Waals surface area contributed by atoms with Crippen molar-refractivity contribution in [1.29, 1.82) is 5.26 Å². The highest BCUT2D eigenvalue weighted by Crippen LogP contribution is 2.34. The maximum Gasteiger partial charge on any atom is 0.332 e. The maximum atomic E-state index is 12.5. The van der Waals surface area contributed by atoms with Crippen molar-refractivity contribution in [3.8, 4) is 6.07 Å². The summed E-state index contributed by atoms with van der Waals surface area (Å²) in [4.78, 5) is 33.8. The van der Waals surface area contributed by atoms with Crippen LogP contribution in [0.5, 0.6) is 0 Å². The number of nitriles is 1. The minimum Gasteiger partial charge on any atom is -0.280 e. The molecule has 0 radical (unpaired) electrons. The lowest BCUT2D eigenvalue weighted by molar-refractivity contribution is 0.648. The summed E-state index contributed by atoms with van der Waals surface area (Å²) in [6.45, 7) is 0. The van der Waals surface area contributed by atoms with Crippen molar-refractivity contribution in [3.05, 3.63) is 26.7 Å². The molecule has 0 bridgehead atoms. The Hall–Kier alpha value is -2.14. The van der Waals surface area contributed by atoms with Crippen LogP contribution in [0.4, 0.5) is 0 Å². The summed E-state index contributed by atoms with van der Waals surface area (Å²) in [5.41, 5.74) is -0.466. The van der Waals surface area contributed by atoms with Crippen LogP contribution in [0, 0.1) is 11.3 Å². The summed E-state index contributed by atoms with van der Waals surface area (Å²) >= 11 is 1.22. The van der Waals surface area contributed by atoms with E-state index in [4.69, 9.17) is 5.26 Å². The zero-order valence-electron chi connectivity index (χ0n) is 13.1. The van der Waals surface area contributed by atoms with Crippen molar-refractivity contribution in [3.63, 3.8) is 0 Å². The second-order valence-electron chi connectivity index (χ2n) is 5.72. The molecule has 1 aliphatic carbocycles. The lowest BCUT2D eigenvalue weighted by Crippen LogP contribution is -2.38. The van der Waals surface area contributed by atoms with Crippen molar-refractivity contribution in [2.75, 3.05) is 5.75 Å². The van der Waals surface area contributed by atoms with Gasteiger partial charge in [-0.05, 0) is 12.8 Å². The number of fused-ring (bicyclic) bond motifs is 1. The van der Waals surface area contributed by atoms with E-state index in [-0.39, 0.29) is 11.7 Å². The first-order chi connectivity index (χ1) is 11.0. The molecule has 0 aliphatic heterocycles. The smallest absolute Gasteiger partial charge is 0.280 e. The van der Waals surface area contributed by atoms with Crippen LogP contribution in [-0.4, -0.2) is 24.9 Å². The topological polar surface area (TPSA) is 93.6 Å². The van der Waals surface area contributed by atoms with E-state index in [1.807, 2.05) is 0 Å². The van der Waals surface area contributed by atoms with Gasteiger partial charge in [0, 0.05) is 20.0 Å². The molecule has 0 atom stereocenters. The van der Waals surface area contributed by atoms with Gasteiger partial charge in [0.2, 0.25) is 0 Å². The summed E-state index contributed by atoms with van der Waals surface area (Å²) in [5, 5.41) is 9.66. The van der Waals surface area contributed by atoms with Gasteiger partial charge in [-0.1, -0.05) is 24.6 Å². The molecule has 2 aromatic heterocycles. The van der Waals surface area contributed by atoms with Gasteiger partial charge in [0.15, 0.2) is 5.65 Å². The van der Waals surface area contributed by atoms with Gasteiger partial charge in [-0.15, -0.1) is 0 Å². The third-order valence-corrected chi connectivity index (χ3v) is 5.12. The molecule has 0 aromatic carbocycles. The molecule has 120 valence electrons. The first-order valence-corrected chi connectivity index (χ1v) is 8.50. The lowest BCUT2D eigenvalue weighted by Gasteiger charge is -2.13. The van der Waals surface area contributed by atoms with E-state index in [0.29, 0.717) is 21.9 Å². The first-order valence-electron chi connectivity index (χ1n) is 7.52. The number of rotatable bonds is 3. The van der Waals surface area contributed by atoms with E-state index in [9.17, 15) is 9.59 Å². The maximum absolute atomic E-state index is 12.5. The zero-order valence-corrected chi connectivity index (χ0v) is 13.9. The first kappa shape index (κ1) is 15.7. The fraction of sp³-hybridized carbons (Fsp3) is 0.533. The third kappa shape index (κ3) is 2.65. The van der Waals surface area contributed by atoms with Gasteiger partial charge in [0.1, 0.15) is 16.2 Å². The quantitative estimate of drug-likeness (QED) is 0.621. The van der Waals surface area contributed by atoms with Crippen molar-refractivity contribution in [2.24, 2.45) is 14.1 Å². The molecule has 0 saturated heterocycles. The summed E-state index contributed by atoms with van der Waals surface area (Å²) in [6.07, 6.45) is 4.32. The minimum atomic E-state index is -0.415. The largest absolute Gasteiger partial charge is 0.332 e. The molecular weight excluding hydrogens is 314 g/mol. The van der Waals surface area contributed by atoms with Gasteiger partial charge < -0.3 is 0 Å². The molecule has 0 N–H and O–H groups in total. The Balaban J connectivity index is 2.33. The van der Waals surface area contributed by atoms with Gasteiger partial charge in [-0.2, -0.15) is 5.26 Å². The highest BCUT2D eigenvalue weighted by Gasteiger charge is 2.24. The van der Waals surface area contributed by atoms with Crippen LogP contribution in [0.25, 0.3) is 11.0 Å². The molecule has 8 heteroatoms. The zero-order chi connectivity index (χ0) is 16.6. The third-order valence-electron chi connectivity index (χ3n) is 4.28. The molecule has 3 rings (SSSR count). The molecule has 0 amide bonds. The number of hydrogen-bond donors (Lipinski definition) is 0. The molecule has 0 spiro atoms. The normalized spacial score (nSPS) is 15.2. The van der Waals surface area contributed by atoms with E-state index < -0.39 is 11.2 Å². The Morgan fingerprint density at radius 2 is 1.91 bits per heavy atom.